The van der Waals surface area contributed by atoms with Gasteiger partial charge in [-0.1, -0.05) is 24.3 Å². The average molecular weight is 275 g/mol. The number of piperazine rings is 1. The highest BCUT2D eigenvalue weighted by Gasteiger charge is 2.27. The number of nitrogens with one attached hydrogen (secondary N) is 1. The van der Waals surface area contributed by atoms with Crippen LogP contribution < -0.4 is 5.32 Å². The third-order valence-electron chi connectivity index (χ3n) is 4.23. The van der Waals surface area contributed by atoms with Gasteiger partial charge < -0.3 is 5.32 Å². The standard InChI is InChI=1S/C16H22FN3/c17-15-5-3-14(4-6-15)2-1-7-19-8-10-20(11-9-19)16-12-18-13-16/h1-6,16,18H,7-13H2/b2-1+. The molecule has 4 heteroatoms. The molecule has 1 N–H and O–H groups in total. The molecule has 0 aliphatic carbocycles. The lowest BCUT2D eigenvalue weighted by Gasteiger charge is -2.43. The van der Waals surface area contributed by atoms with Gasteiger partial charge >= 0.3 is 0 Å². The highest BCUT2D eigenvalue weighted by Crippen LogP contribution is 2.10. The molecule has 0 aromatic heterocycles. The van der Waals surface area contributed by atoms with E-state index in [1.54, 1.807) is 0 Å². The van der Waals surface area contributed by atoms with Crippen LogP contribution in [0.15, 0.2) is 30.3 Å². The van der Waals surface area contributed by atoms with Crippen LogP contribution in [0, 0.1) is 5.82 Å². The first-order chi connectivity index (χ1) is 9.81. The van der Waals surface area contributed by atoms with Gasteiger partial charge in [-0.05, 0) is 17.7 Å². The van der Waals surface area contributed by atoms with Crippen molar-refractivity contribution >= 4 is 6.08 Å². The number of rotatable bonds is 4. The van der Waals surface area contributed by atoms with Crippen LogP contribution in [0.4, 0.5) is 4.39 Å². The lowest BCUT2D eigenvalue weighted by Crippen LogP contribution is -2.61. The minimum atomic E-state index is -0.177. The van der Waals surface area contributed by atoms with Gasteiger partial charge in [-0.3, -0.25) is 9.80 Å². The Morgan fingerprint density at radius 1 is 1.10 bits per heavy atom. The number of nitrogens with zero attached hydrogens (tertiary/aromatic N) is 2. The summed E-state index contributed by atoms with van der Waals surface area (Å²) in [6, 6.07) is 7.41. The molecule has 2 heterocycles. The summed E-state index contributed by atoms with van der Waals surface area (Å²) in [6.45, 7) is 7.94. The van der Waals surface area contributed by atoms with Crippen LogP contribution in [0.3, 0.4) is 0 Å². The van der Waals surface area contributed by atoms with E-state index in [4.69, 9.17) is 0 Å². The van der Waals surface area contributed by atoms with Crippen molar-refractivity contribution in [2.24, 2.45) is 0 Å². The smallest absolute Gasteiger partial charge is 0.123 e. The van der Waals surface area contributed by atoms with Crippen LogP contribution >= 0.6 is 0 Å². The largest absolute Gasteiger partial charge is 0.314 e. The predicted molar refractivity (Wildman–Crippen MR) is 80.1 cm³/mol. The van der Waals surface area contributed by atoms with E-state index in [0.29, 0.717) is 0 Å². The van der Waals surface area contributed by atoms with Crippen molar-refractivity contribution in [3.63, 3.8) is 0 Å². The van der Waals surface area contributed by atoms with E-state index in [9.17, 15) is 4.39 Å². The second kappa shape index (κ2) is 6.48. The fourth-order valence-electron chi connectivity index (χ4n) is 2.75. The zero-order valence-corrected chi connectivity index (χ0v) is 11.8. The monoisotopic (exact) mass is 275 g/mol. The molecule has 0 unspecified atom stereocenters. The molecule has 3 rings (SSSR count). The molecule has 0 radical (unpaired) electrons. The zero-order valence-electron chi connectivity index (χ0n) is 11.8. The van der Waals surface area contributed by atoms with E-state index in [2.05, 4.69) is 27.3 Å². The number of hydrogen-bond acceptors (Lipinski definition) is 3. The Hall–Kier alpha value is -1.23. The maximum atomic E-state index is 12.8. The Morgan fingerprint density at radius 3 is 2.40 bits per heavy atom. The molecule has 0 saturated carbocycles. The van der Waals surface area contributed by atoms with Gasteiger partial charge in [-0.2, -0.15) is 0 Å². The molecule has 20 heavy (non-hydrogen) atoms. The van der Waals surface area contributed by atoms with Gasteiger partial charge in [-0.25, -0.2) is 4.39 Å². The summed E-state index contributed by atoms with van der Waals surface area (Å²) in [6.07, 6.45) is 4.25. The third kappa shape index (κ3) is 3.45. The van der Waals surface area contributed by atoms with Crippen molar-refractivity contribution in [2.75, 3.05) is 45.8 Å². The van der Waals surface area contributed by atoms with E-state index in [1.165, 1.54) is 25.2 Å². The summed E-state index contributed by atoms with van der Waals surface area (Å²) in [4.78, 5) is 5.07. The molecule has 0 atom stereocenters. The maximum absolute atomic E-state index is 12.8. The van der Waals surface area contributed by atoms with Gasteiger partial charge in [0.2, 0.25) is 0 Å². The van der Waals surface area contributed by atoms with Crippen molar-refractivity contribution in [1.82, 2.24) is 15.1 Å². The SMILES string of the molecule is Fc1ccc(/C=C/CN2CCN(C3CNC3)CC2)cc1. The van der Waals surface area contributed by atoms with Gasteiger partial charge in [0.15, 0.2) is 0 Å². The summed E-state index contributed by atoms with van der Waals surface area (Å²) in [5, 5.41) is 3.33. The number of hydrogen-bond donors (Lipinski definition) is 1. The summed E-state index contributed by atoms with van der Waals surface area (Å²) in [5.41, 5.74) is 1.06. The van der Waals surface area contributed by atoms with Crippen LogP contribution in [0.1, 0.15) is 5.56 Å². The van der Waals surface area contributed by atoms with Gasteiger partial charge in [0.1, 0.15) is 5.82 Å². The molecule has 1 aromatic rings. The molecule has 2 aliphatic heterocycles. The van der Waals surface area contributed by atoms with E-state index < -0.39 is 0 Å². The molecule has 2 aliphatic rings. The van der Waals surface area contributed by atoms with Crippen molar-refractivity contribution in [1.29, 1.82) is 0 Å². The van der Waals surface area contributed by atoms with Gasteiger partial charge in [0, 0.05) is 51.9 Å². The highest BCUT2D eigenvalue weighted by molar-refractivity contribution is 5.48. The van der Waals surface area contributed by atoms with Crippen molar-refractivity contribution in [3.8, 4) is 0 Å². The summed E-state index contributed by atoms with van der Waals surface area (Å²) >= 11 is 0. The van der Waals surface area contributed by atoms with Crippen LogP contribution in [-0.4, -0.2) is 61.7 Å². The lowest BCUT2D eigenvalue weighted by molar-refractivity contribution is 0.0783. The molecule has 108 valence electrons. The first-order valence-corrected chi connectivity index (χ1v) is 7.40. The molecule has 0 bridgehead atoms. The minimum absolute atomic E-state index is 0.177. The molecule has 3 nitrogen and oxygen atoms in total. The Morgan fingerprint density at radius 2 is 1.80 bits per heavy atom. The second-order valence-electron chi connectivity index (χ2n) is 5.60. The molecular weight excluding hydrogens is 253 g/mol. The summed E-state index contributed by atoms with van der Waals surface area (Å²) in [5.74, 6) is -0.177. The van der Waals surface area contributed by atoms with Crippen LogP contribution in [-0.2, 0) is 0 Å². The number of halogens is 1. The Balaban J connectivity index is 1.42. The van der Waals surface area contributed by atoms with Gasteiger partial charge in [0.05, 0.1) is 0 Å². The fourth-order valence-corrected chi connectivity index (χ4v) is 2.75. The predicted octanol–water partition coefficient (Wildman–Crippen LogP) is 1.43. The second-order valence-corrected chi connectivity index (χ2v) is 5.60. The van der Waals surface area contributed by atoms with Crippen molar-refractivity contribution in [3.05, 3.63) is 41.7 Å². The van der Waals surface area contributed by atoms with Gasteiger partial charge in [0.25, 0.3) is 0 Å². The van der Waals surface area contributed by atoms with Crippen molar-refractivity contribution in [2.45, 2.75) is 6.04 Å². The Labute approximate surface area is 120 Å². The normalized spacial score (nSPS) is 22.2. The third-order valence-corrected chi connectivity index (χ3v) is 4.23. The van der Waals surface area contributed by atoms with E-state index in [0.717, 1.165) is 44.3 Å². The Kier molecular flexibility index (Phi) is 4.45. The average Bonchev–Trinajstić information content (AvgIpc) is 2.41. The maximum Gasteiger partial charge on any atom is 0.123 e. The van der Waals surface area contributed by atoms with E-state index >= 15 is 0 Å². The molecule has 2 fully saturated rings. The molecule has 0 spiro atoms. The Bertz CT molecular complexity index is 445. The quantitative estimate of drug-likeness (QED) is 0.897. The first kappa shape index (κ1) is 13.7. The van der Waals surface area contributed by atoms with Crippen LogP contribution in [0.5, 0.6) is 0 Å². The van der Waals surface area contributed by atoms with E-state index in [-0.39, 0.29) is 5.82 Å². The summed E-state index contributed by atoms with van der Waals surface area (Å²) in [7, 11) is 0. The fraction of sp³-hybridized carbons (Fsp3) is 0.500. The van der Waals surface area contributed by atoms with Crippen LogP contribution in [0.2, 0.25) is 0 Å². The highest BCUT2D eigenvalue weighted by atomic mass is 19.1. The number of benzene rings is 1. The topological polar surface area (TPSA) is 18.5 Å². The molecule has 0 amide bonds. The minimum Gasteiger partial charge on any atom is -0.314 e. The first-order valence-electron chi connectivity index (χ1n) is 7.40. The van der Waals surface area contributed by atoms with E-state index in [1.807, 2.05) is 12.1 Å². The zero-order chi connectivity index (χ0) is 13.8. The molecule has 1 aromatic carbocycles. The lowest BCUT2D eigenvalue weighted by atomic mass is 10.1. The summed E-state index contributed by atoms with van der Waals surface area (Å²) < 4.78 is 12.8. The molecule has 2 saturated heterocycles. The van der Waals surface area contributed by atoms with Gasteiger partial charge in [-0.15, -0.1) is 0 Å². The molecular formula is C16H22FN3. The van der Waals surface area contributed by atoms with Crippen molar-refractivity contribution < 1.29 is 4.39 Å². The van der Waals surface area contributed by atoms with Crippen LogP contribution in [0.25, 0.3) is 6.08 Å².